The van der Waals surface area contributed by atoms with Crippen LogP contribution in [-0.2, 0) is 19.5 Å². The van der Waals surface area contributed by atoms with Gasteiger partial charge in [0.2, 0.25) is 10.0 Å². The fourth-order valence-electron chi connectivity index (χ4n) is 3.00. The van der Waals surface area contributed by atoms with Gasteiger partial charge in [0.1, 0.15) is 0 Å². The molecule has 1 aliphatic rings. The van der Waals surface area contributed by atoms with Crippen molar-refractivity contribution in [1.29, 1.82) is 0 Å². The molecule has 3 rings (SSSR count). The lowest BCUT2D eigenvalue weighted by molar-refractivity contribution is 0.0593. The van der Waals surface area contributed by atoms with Gasteiger partial charge in [0.05, 0.1) is 38.0 Å². The zero-order valence-corrected chi connectivity index (χ0v) is 16.9. The summed E-state index contributed by atoms with van der Waals surface area (Å²) >= 11 is 0. The molecular weight excluding hydrogens is 388 g/mol. The normalized spacial score (nSPS) is 14.9. The number of carbonyl (C=O) groups excluding carboxylic acids is 1. The Hall–Kier alpha value is -2.66. The maximum Gasteiger partial charge on any atom is 0.357 e. The van der Waals surface area contributed by atoms with Gasteiger partial charge in [-0.1, -0.05) is 0 Å². The number of fused-ring (bicyclic) bond motifs is 1. The minimum absolute atomic E-state index is 0.0564. The molecule has 0 radical (unpaired) electrons. The summed E-state index contributed by atoms with van der Waals surface area (Å²) in [5.74, 6) is -0.762. The minimum atomic E-state index is -3.64. The van der Waals surface area contributed by atoms with E-state index < -0.39 is 21.6 Å². The number of ether oxygens (including phenoxy) is 2. The van der Waals surface area contributed by atoms with Crippen LogP contribution in [0.4, 0.5) is 11.4 Å². The van der Waals surface area contributed by atoms with Crippen LogP contribution < -0.4 is 14.8 Å². The second-order valence-corrected chi connectivity index (χ2v) is 8.50. The number of aromatic nitrogens is 2. The van der Waals surface area contributed by atoms with E-state index in [1.165, 1.54) is 25.5 Å². The molecule has 2 aromatic heterocycles. The van der Waals surface area contributed by atoms with Gasteiger partial charge in [-0.15, -0.1) is 0 Å². The van der Waals surface area contributed by atoms with Gasteiger partial charge in [-0.25, -0.2) is 18.2 Å². The van der Waals surface area contributed by atoms with Crippen molar-refractivity contribution in [3.8, 4) is 0 Å². The molecule has 0 bridgehead atoms. The molecule has 3 heterocycles. The highest BCUT2D eigenvalue weighted by atomic mass is 32.2. The lowest BCUT2D eigenvalue weighted by atomic mass is 10.2. The molecule has 11 heteroatoms. The Morgan fingerprint density at radius 1 is 1.32 bits per heavy atom. The molecule has 0 saturated carbocycles. The van der Waals surface area contributed by atoms with Gasteiger partial charge in [-0.3, -0.25) is 13.5 Å². The van der Waals surface area contributed by atoms with Crippen LogP contribution in [0.5, 0.6) is 0 Å². The van der Waals surface area contributed by atoms with Crippen LogP contribution in [0.25, 0.3) is 5.65 Å². The van der Waals surface area contributed by atoms with Gasteiger partial charge in [0, 0.05) is 31.9 Å². The molecule has 1 fully saturated rings. The van der Waals surface area contributed by atoms with Crippen molar-refractivity contribution in [2.75, 3.05) is 55.9 Å². The molecule has 1 aliphatic heterocycles. The molecule has 10 nitrogen and oxygen atoms in total. The first kappa shape index (κ1) is 20.1. The number of hydrogen-bond acceptors (Lipinski definition) is 8. The highest BCUT2D eigenvalue weighted by molar-refractivity contribution is 7.92. The maximum atomic E-state index is 12.9. The summed E-state index contributed by atoms with van der Waals surface area (Å²) in [5, 5.41) is 0. The van der Waals surface area contributed by atoms with Crippen LogP contribution >= 0.6 is 0 Å². The minimum Gasteiger partial charge on any atom is -0.464 e. The molecule has 0 aliphatic carbocycles. The first-order valence-electron chi connectivity index (χ1n) is 8.57. The Kier molecular flexibility index (Phi) is 5.31. The quantitative estimate of drug-likeness (QED) is 0.649. The van der Waals surface area contributed by atoms with E-state index in [0.717, 1.165) is 10.6 Å². The number of rotatable bonds is 4. The number of pyridine rings is 1. The lowest BCUT2D eigenvalue weighted by Gasteiger charge is -2.30. The van der Waals surface area contributed by atoms with Crippen LogP contribution in [0.3, 0.4) is 0 Å². The Morgan fingerprint density at radius 3 is 2.54 bits per heavy atom. The Balaban J connectivity index is 2.35. The number of anilines is 2. The zero-order valence-electron chi connectivity index (χ0n) is 16.1. The molecule has 28 heavy (non-hydrogen) atoms. The van der Waals surface area contributed by atoms with E-state index in [1.54, 1.807) is 12.3 Å². The average Bonchev–Trinajstić information content (AvgIpc) is 2.68. The molecule has 0 amide bonds. The highest BCUT2D eigenvalue weighted by Crippen LogP contribution is 2.28. The summed E-state index contributed by atoms with van der Waals surface area (Å²) < 4.78 is 36.7. The predicted octanol–water partition coefficient (Wildman–Crippen LogP) is 0.0219. The summed E-state index contributed by atoms with van der Waals surface area (Å²) in [6.07, 6.45) is 2.65. The topological polar surface area (TPSA) is 111 Å². The van der Waals surface area contributed by atoms with E-state index in [1.807, 2.05) is 4.90 Å². The number of hydrogen-bond donors (Lipinski definition) is 0. The van der Waals surface area contributed by atoms with Crippen molar-refractivity contribution in [2.45, 2.75) is 6.92 Å². The van der Waals surface area contributed by atoms with E-state index in [-0.39, 0.29) is 22.6 Å². The number of sulfonamides is 1. The van der Waals surface area contributed by atoms with E-state index >= 15 is 0 Å². The van der Waals surface area contributed by atoms with Crippen LogP contribution in [0.2, 0.25) is 0 Å². The largest absolute Gasteiger partial charge is 0.464 e. The summed E-state index contributed by atoms with van der Waals surface area (Å²) in [7, 11) is -1.07. The van der Waals surface area contributed by atoms with Gasteiger partial charge in [-0.2, -0.15) is 0 Å². The molecule has 0 unspecified atom stereocenters. The van der Waals surface area contributed by atoms with E-state index in [0.29, 0.717) is 32.0 Å². The second-order valence-electron chi connectivity index (χ2n) is 6.49. The third-order valence-electron chi connectivity index (χ3n) is 4.71. The SMILES string of the molecule is COC(=O)c1nc2c(N(C)S(C)(=O)=O)cc(N3CCOCC3)cn2c(=O)c1C. The van der Waals surface area contributed by atoms with Gasteiger partial charge in [-0.05, 0) is 13.0 Å². The predicted molar refractivity (Wildman–Crippen MR) is 104 cm³/mol. The summed E-state index contributed by atoms with van der Waals surface area (Å²) in [6, 6.07) is 1.64. The van der Waals surface area contributed by atoms with Crippen molar-refractivity contribution in [3.63, 3.8) is 0 Å². The average molecular weight is 410 g/mol. The molecule has 152 valence electrons. The van der Waals surface area contributed by atoms with E-state index in [4.69, 9.17) is 9.47 Å². The molecule has 0 aromatic carbocycles. The number of esters is 1. The van der Waals surface area contributed by atoms with Crippen LogP contribution in [0, 0.1) is 6.92 Å². The second kappa shape index (κ2) is 7.40. The van der Waals surface area contributed by atoms with E-state index in [2.05, 4.69) is 4.98 Å². The lowest BCUT2D eigenvalue weighted by Crippen LogP contribution is -2.37. The smallest absolute Gasteiger partial charge is 0.357 e. The number of methoxy groups -OCH3 is 1. The molecule has 2 aromatic rings. The van der Waals surface area contributed by atoms with Crippen molar-refractivity contribution < 1.29 is 22.7 Å². The first-order valence-corrected chi connectivity index (χ1v) is 10.4. The van der Waals surface area contributed by atoms with Gasteiger partial charge >= 0.3 is 5.97 Å². The fourth-order valence-corrected chi connectivity index (χ4v) is 3.49. The highest BCUT2D eigenvalue weighted by Gasteiger charge is 2.24. The van der Waals surface area contributed by atoms with Gasteiger partial charge in [0.25, 0.3) is 5.56 Å². The summed E-state index contributed by atoms with van der Waals surface area (Å²) in [5.41, 5.74) is 0.417. The Morgan fingerprint density at radius 2 is 1.96 bits per heavy atom. The van der Waals surface area contributed by atoms with Crippen LogP contribution in [-0.4, -0.2) is 70.5 Å². The number of nitrogens with zero attached hydrogens (tertiary/aromatic N) is 4. The third kappa shape index (κ3) is 3.54. The van der Waals surface area contributed by atoms with Crippen LogP contribution in [0.15, 0.2) is 17.1 Å². The Bertz CT molecular complexity index is 1090. The molecule has 0 atom stereocenters. The summed E-state index contributed by atoms with van der Waals surface area (Å²) in [4.78, 5) is 31.2. The zero-order chi connectivity index (χ0) is 20.6. The van der Waals surface area contributed by atoms with E-state index in [9.17, 15) is 18.0 Å². The maximum absolute atomic E-state index is 12.9. The third-order valence-corrected chi connectivity index (χ3v) is 5.90. The van der Waals surface area contributed by atoms with Crippen molar-refractivity contribution >= 4 is 33.0 Å². The first-order chi connectivity index (χ1) is 13.1. The van der Waals surface area contributed by atoms with Crippen molar-refractivity contribution in [3.05, 3.63) is 33.9 Å². The molecule has 0 spiro atoms. The summed E-state index contributed by atoms with van der Waals surface area (Å²) in [6.45, 7) is 3.75. The van der Waals surface area contributed by atoms with Gasteiger partial charge < -0.3 is 14.4 Å². The molecule has 0 N–H and O–H groups in total. The van der Waals surface area contributed by atoms with Gasteiger partial charge in [0.15, 0.2) is 11.3 Å². The number of morpholine rings is 1. The Labute approximate surface area is 162 Å². The molecule has 1 saturated heterocycles. The van der Waals surface area contributed by atoms with Crippen molar-refractivity contribution in [1.82, 2.24) is 9.38 Å². The number of carbonyl (C=O) groups is 1. The van der Waals surface area contributed by atoms with Crippen molar-refractivity contribution in [2.24, 2.45) is 0 Å². The fraction of sp³-hybridized carbons (Fsp3) is 0.471. The monoisotopic (exact) mass is 410 g/mol. The van der Waals surface area contributed by atoms with Crippen LogP contribution in [0.1, 0.15) is 16.1 Å². The standard InChI is InChI=1S/C17H22N4O6S/c1-11-14(17(23)26-3)18-15-13(19(2)28(4,24)25)9-12(10-21(15)16(11)22)20-5-7-27-8-6-20/h9-10H,5-8H2,1-4H3. The molecular formula is C17H22N4O6S.